The van der Waals surface area contributed by atoms with Crippen LogP contribution in [0.1, 0.15) is 66.8 Å². The minimum absolute atomic E-state index is 1.13. The summed E-state index contributed by atoms with van der Waals surface area (Å²) in [5, 5.41) is 9.89. The molecule has 0 spiro atoms. The summed E-state index contributed by atoms with van der Waals surface area (Å²) in [6.45, 7) is 8.49. The lowest BCUT2D eigenvalue weighted by Gasteiger charge is -2.25. The molecule has 0 saturated carbocycles. The van der Waals surface area contributed by atoms with Crippen LogP contribution >= 0.6 is 0 Å². The largest absolute Gasteiger partial charge is 0.311 e. The van der Waals surface area contributed by atoms with Crippen molar-refractivity contribution in [2.24, 2.45) is 0 Å². The van der Waals surface area contributed by atoms with Crippen LogP contribution in [-0.4, -0.2) is 0 Å². The molecule has 0 N–H and O–H groups in total. The molecule has 556 valence electrons. The summed E-state index contributed by atoms with van der Waals surface area (Å²) in [6.07, 6.45) is 17.6. The van der Waals surface area contributed by atoms with Crippen LogP contribution < -0.4 is 19.6 Å². The van der Waals surface area contributed by atoms with E-state index in [-0.39, 0.29) is 0 Å². The van der Waals surface area contributed by atoms with Gasteiger partial charge in [0.25, 0.3) is 0 Å². The first-order chi connectivity index (χ1) is 57.0. The van der Waals surface area contributed by atoms with Crippen molar-refractivity contribution < 1.29 is 0 Å². The molecule has 0 aliphatic carbocycles. The van der Waals surface area contributed by atoms with Crippen molar-refractivity contribution in [2.45, 2.75) is 27.7 Å². The van der Waals surface area contributed by atoms with Gasteiger partial charge in [-0.25, -0.2) is 0 Å². The van der Waals surface area contributed by atoms with E-state index in [0.29, 0.717) is 0 Å². The second-order valence-electron chi connectivity index (χ2n) is 29.9. The van der Waals surface area contributed by atoms with Crippen molar-refractivity contribution in [3.63, 3.8) is 0 Å². The Morgan fingerprint density at radius 2 is 0.276 bits per heavy atom. The Balaban J connectivity index is 0.000000167. The number of benzene rings is 18. The molecule has 0 heterocycles. The summed E-state index contributed by atoms with van der Waals surface area (Å²) in [5.41, 5.74) is 28.0. The predicted octanol–water partition coefficient (Wildman–Crippen LogP) is 31.8. The standard InChI is InChI=1S/2C56H44N2/c2*1-41-13-29-53(30-14-41)57(51-9-5-3-6-10-51)55-33-23-43(24-34-55)17-19-45-21-27-47-40-50-38-46(22-28-48(50)39-49(47)37-45)20-18-44-25-35-56(36-26-44)58(52-11-7-4-8-12-52)54-31-15-42(2)16-32-54/h2*3-40H,1-2H3/b2*19-17-,20-18-. The molecule has 116 heavy (non-hydrogen) atoms. The number of hydrogen-bond acceptors (Lipinski definition) is 4. The first-order valence-corrected chi connectivity index (χ1v) is 39.8. The lowest BCUT2D eigenvalue weighted by atomic mass is 9.99. The number of hydrogen-bond donors (Lipinski definition) is 0. The predicted molar refractivity (Wildman–Crippen MR) is 502 cm³/mol. The molecular formula is C112H88N4. The number of para-hydroxylation sites is 4. The first kappa shape index (κ1) is 73.9. The monoisotopic (exact) mass is 1490 g/mol. The summed E-state index contributed by atoms with van der Waals surface area (Å²) in [5.74, 6) is 0. The zero-order valence-corrected chi connectivity index (χ0v) is 65.7. The highest BCUT2D eigenvalue weighted by molar-refractivity contribution is 6.02. The van der Waals surface area contributed by atoms with Gasteiger partial charge in [0.15, 0.2) is 0 Å². The summed E-state index contributed by atoms with van der Waals surface area (Å²) in [7, 11) is 0. The van der Waals surface area contributed by atoms with E-state index in [1.807, 2.05) is 0 Å². The average Bonchev–Trinajstić information content (AvgIpc) is 1.01. The Morgan fingerprint density at radius 3 is 0.457 bits per heavy atom. The molecule has 0 aliphatic rings. The topological polar surface area (TPSA) is 13.0 Å². The molecule has 0 radical (unpaired) electrons. The number of anilines is 12. The highest BCUT2D eigenvalue weighted by Gasteiger charge is 2.17. The molecule has 0 bridgehead atoms. The molecule has 0 amide bonds. The lowest BCUT2D eigenvalue weighted by molar-refractivity contribution is 1.27. The van der Waals surface area contributed by atoms with Crippen LogP contribution in [0.2, 0.25) is 0 Å². The number of aryl methyl sites for hydroxylation is 4. The third kappa shape index (κ3) is 17.6. The normalized spacial score (nSPS) is 11.5. The highest BCUT2D eigenvalue weighted by Crippen LogP contribution is 2.41. The molecule has 0 unspecified atom stereocenters. The van der Waals surface area contributed by atoms with Gasteiger partial charge in [-0.1, -0.05) is 289 Å². The zero-order valence-electron chi connectivity index (χ0n) is 65.7. The van der Waals surface area contributed by atoms with E-state index < -0.39 is 0 Å². The van der Waals surface area contributed by atoms with Gasteiger partial charge >= 0.3 is 0 Å². The smallest absolute Gasteiger partial charge is 0.0462 e. The average molecular weight is 1490 g/mol. The van der Waals surface area contributed by atoms with E-state index >= 15 is 0 Å². The van der Waals surface area contributed by atoms with Crippen molar-refractivity contribution in [2.75, 3.05) is 19.6 Å². The fraction of sp³-hybridized carbons (Fsp3) is 0.0357. The summed E-state index contributed by atoms with van der Waals surface area (Å²) in [4.78, 5) is 9.19. The second-order valence-corrected chi connectivity index (χ2v) is 29.9. The van der Waals surface area contributed by atoms with Crippen LogP contribution in [0.3, 0.4) is 0 Å². The lowest BCUT2D eigenvalue weighted by Crippen LogP contribution is -2.09. The highest BCUT2D eigenvalue weighted by atomic mass is 15.2. The Morgan fingerprint density at radius 1 is 0.129 bits per heavy atom. The number of rotatable bonds is 20. The Kier molecular flexibility index (Phi) is 21.9. The van der Waals surface area contributed by atoms with Crippen molar-refractivity contribution in [1.82, 2.24) is 0 Å². The van der Waals surface area contributed by atoms with Gasteiger partial charge in [0.1, 0.15) is 0 Å². The van der Waals surface area contributed by atoms with E-state index in [2.05, 4.69) is 508 Å². The number of nitrogens with zero attached hydrogens (tertiary/aromatic N) is 4. The van der Waals surface area contributed by atoms with Crippen LogP contribution in [-0.2, 0) is 0 Å². The molecule has 4 heteroatoms. The summed E-state index contributed by atoms with van der Waals surface area (Å²) >= 11 is 0. The molecule has 0 aromatic heterocycles. The molecule has 0 saturated heterocycles. The van der Waals surface area contributed by atoms with E-state index in [0.717, 1.165) is 90.5 Å². The third-order valence-corrected chi connectivity index (χ3v) is 21.4. The molecule has 18 rings (SSSR count). The fourth-order valence-corrected chi connectivity index (χ4v) is 15.1. The van der Waals surface area contributed by atoms with E-state index in [9.17, 15) is 0 Å². The first-order valence-electron chi connectivity index (χ1n) is 39.8. The van der Waals surface area contributed by atoms with E-state index in [1.165, 1.54) is 87.6 Å². The quantitative estimate of drug-likeness (QED) is 0.0557. The molecule has 18 aromatic rings. The second kappa shape index (κ2) is 34.4. The van der Waals surface area contributed by atoms with Gasteiger partial charge in [0, 0.05) is 68.2 Å². The van der Waals surface area contributed by atoms with E-state index in [4.69, 9.17) is 0 Å². The SMILES string of the molecule is Cc1ccc(N(c2ccccc2)c2ccc(/C=C\c3ccc4cc5cc(/C=C\c6ccc(N(c7ccccc7)c7ccc(C)cc7)cc6)ccc5cc4c3)cc2)cc1.Cc1ccc(N(c2ccccc2)c2ccc(/C=C\c3ccc4cc5cc(/C=C\c6ccc(N(c7ccccc7)c7ccc(C)cc7)cc6)ccc5cc4c3)cc2)cc1. The van der Waals surface area contributed by atoms with Gasteiger partial charge in [-0.15, -0.1) is 0 Å². The maximum atomic E-state index is 2.30. The van der Waals surface area contributed by atoms with E-state index in [1.54, 1.807) is 0 Å². The van der Waals surface area contributed by atoms with Crippen LogP contribution in [0.15, 0.2) is 413 Å². The minimum atomic E-state index is 1.13. The Bertz CT molecular complexity index is 5710. The molecular weight excluding hydrogens is 1400 g/mol. The van der Waals surface area contributed by atoms with Crippen LogP contribution in [0.5, 0.6) is 0 Å². The van der Waals surface area contributed by atoms with Crippen molar-refractivity contribution >= 4 is 160 Å². The third-order valence-electron chi connectivity index (χ3n) is 21.4. The van der Waals surface area contributed by atoms with Crippen LogP contribution in [0, 0.1) is 27.7 Å². The summed E-state index contributed by atoms with van der Waals surface area (Å²) in [6, 6.07) is 148. The van der Waals surface area contributed by atoms with Gasteiger partial charge in [0.05, 0.1) is 0 Å². The molecule has 0 fully saturated rings. The molecule has 0 atom stereocenters. The minimum Gasteiger partial charge on any atom is -0.311 e. The van der Waals surface area contributed by atoms with Gasteiger partial charge < -0.3 is 19.6 Å². The Labute approximate surface area is 682 Å². The molecule has 4 nitrogen and oxygen atoms in total. The molecule has 0 aliphatic heterocycles. The maximum Gasteiger partial charge on any atom is 0.0462 e. The zero-order chi connectivity index (χ0) is 78.5. The Hall–Kier alpha value is -14.8. The fourth-order valence-electron chi connectivity index (χ4n) is 15.1. The number of fused-ring (bicyclic) bond motifs is 4. The van der Waals surface area contributed by atoms with Crippen LogP contribution in [0.25, 0.3) is 91.7 Å². The maximum absolute atomic E-state index is 2.30. The van der Waals surface area contributed by atoms with Crippen LogP contribution in [0.4, 0.5) is 68.2 Å². The van der Waals surface area contributed by atoms with Gasteiger partial charge in [-0.2, -0.15) is 0 Å². The summed E-state index contributed by atoms with van der Waals surface area (Å²) < 4.78 is 0. The molecule has 18 aromatic carbocycles. The van der Waals surface area contributed by atoms with Crippen molar-refractivity contribution in [3.05, 3.63) is 479 Å². The van der Waals surface area contributed by atoms with Gasteiger partial charge in [-0.05, 0) is 309 Å². The van der Waals surface area contributed by atoms with Gasteiger partial charge in [0.2, 0.25) is 0 Å². The van der Waals surface area contributed by atoms with Crippen molar-refractivity contribution in [3.8, 4) is 0 Å². The van der Waals surface area contributed by atoms with Crippen molar-refractivity contribution in [1.29, 1.82) is 0 Å². The van der Waals surface area contributed by atoms with Gasteiger partial charge in [-0.3, -0.25) is 0 Å².